The average Bonchev–Trinajstić information content (AvgIpc) is 2.53. The van der Waals surface area contributed by atoms with Crippen molar-refractivity contribution in [1.29, 1.82) is 0 Å². The van der Waals surface area contributed by atoms with E-state index in [1.165, 1.54) is 11.8 Å². The number of piperidine rings is 1. The minimum absolute atomic E-state index is 0.00649. The molecule has 2 rings (SSSR count). The first-order valence-corrected chi connectivity index (χ1v) is 8.21. The Labute approximate surface area is 134 Å². The number of methoxy groups -OCH3 is 1. The van der Waals surface area contributed by atoms with Gasteiger partial charge in [0.1, 0.15) is 5.75 Å². The number of carbonyl (C=O) groups excluding carboxylic acids is 1. The minimum Gasteiger partial charge on any atom is -0.497 e. The van der Waals surface area contributed by atoms with Gasteiger partial charge in [-0.05, 0) is 44.0 Å². The number of amides is 1. The summed E-state index contributed by atoms with van der Waals surface area (Å²) in [5, 5.41) is 9.30. The van der Waals surface area contributed by atoms with Crippen LogP contribution in [-0.2, 0) is 9.59 Å². The lowest BCUT2D eigenvalue weighted by Crippen LogP contribution is -2.48. The summed E-state index contributed by atoms with van der Waals surface area (Å²) in [4.78, 5) is 26.3. The monoisotopic (exact) mass is 323 g/mol. The third-order valence-electron chi connectivity index (χ3n) is 3.99. The number of rotatable bonds is 5. The van der Waals surface area contributed by atoms with Crippen LogP contribution in [0.15, 0.2) is 29.2 Å². The van der Waals surface area contributed by atoms with Crippen molar-refractivity contribution in [3.63, 3.8) is 0 Å². The summed E-state index contributed by atoms with van der Waals surface area (Å²) in [6.45, 7) is 2.65. The number of hydrogen-bond donors (Lipinski definition) is 1. The zero-order valence-corrected chi connectivity index (χ0v) is 13.7. The number of carboxylic acids is 1. The predicted molar refractivity (Wildman–Crippen MR) is 85.3 cm³/mol. The lowest BCUT2D eigenvalue weighted by atomic mass is 9.82. The van der Waals surface area contributed by atoms with Gasteiger partial charge in [-0.2, -0.15) is 0 Å². The van der Waals surface area contributed by atoms with Crippen molar-refractivity contribution in [2.24, 2.45) is 5.41 Å². The molecule has 6 heteroatoms. The highest BCUT2D eigenvalue weighted by molar-refractivity contribution is 8.00. The number of carboxylic acid groups (broad SMARTS) is 1. The van der Waals surface area contributed by atoms with E-state index < -0.39 is 11.4 Å². The van der Waals surface area contributed by atoms with Gasteiger partial charge in [-0.25, -0.2) is 0 Å². The Morgan fingerprint density at radius 2 is 2.05 bits per heavy atom. The van der Waals surface area contributed by atoms with Crippen LogP contribution in [0, 0.1) is 5.41 Å². The number of aliphatic carboxylic acids is 1. The molecule has 0 spiro atoms. The first-order valence-electron chi connectivity index (χ1n) is 7.23. The Bertz CT molecular complexity index is 546. The van der Waals surface area contributed by atoms with Crippen LogP contribution in [0.2, 0.25) is 0 Å². The van der Waals surface area contributed by atoms with Gasteiger partial charge >= 0.3 is 5.97 Å². The van der Waals surface area contributed by atoms with Gasteiger partial charge in [0.25, 0.3) is 0 Å². The topological polar surface area (TPSA) is 66.8 Å². The first kappa shape index (κ1) is 16.7. The number of hydrogen-bond acceptors (Lipinski definition) is 4. The molecule has 1 saturated heterocycles. The van der Waals surface area contributed by atoms with E-state index in [0.717, 1.165) is 17.1 Å². The third kappa shape index (κ3) is 3.94. The number of thioether (sulfide) groups is 1. The van der Waals surface area contributed by atoms with Crippen LogP contribution < -0.4 is 4.74 Å². The number of carbonyl (C=O) groups is 2. The van der Waals surface area contributed by atoms with E-state index in [9.17, 15) is 14.7 Å². The van der Waals surface area contributed by atoms with Gasteiger partial charge in [-0.3, -0.25) is 9.59 Å². The third-order valence-corrected chi connectivity index (χ3v) is 4.98. The average molecular weight is 323 g/mol. The molecule has 0 radical (unpaired) electrons. The van der Waals surface area contributed by atoms with Gasteiger partial charge in [-0.1, -0.05) is 0 Å². The second kappa shape index (κ2) is 7.05. The molecule has 0 bridgehead atoms. The maximum atomic E-state index is 12.3. The Hall–Kier alpha value is -1.69. The molecule has 1 unspecified atom stereocenters. The molecular weight excluding hydrogens is 302 g/mol. The van der Waals surface area contributed by atoms with Crippen LogP contribution in [0.25, 0.3) is 0 Å². The molecule has 0 aliphatic carbocycles. The van der Waals surface area contributed by atoms with Crippen molar-refractivity contribution in [2.75, 3.05) is 26.0 Å². The molecule has 1 fully saturated rings. The highest BCUT2D eigenvalue weighted by Gasteiger charge is 2.39. The number of ether oxygens (including phenoxy) is 1. The highest BCUT2D eigenvalue weighted by atomic mass is 32.2. The number of nitrogens with zero attached hydrogens (tertiary/aromatic N) is 1. The fourth-order valence-electron chi connectivity index (χ4n) is 2.54. The van der Waals surface area contributed by atoms with Crippen molar-refractivity contribution >= 4 is 23.6 Å². The van der Waals surface area contributed by atoms with E-state index in [1.807, 2.05) is 24.3 Å². The number of benzene rings is 1. The molecule has 1 atom stereocenters. The van der Waals surface area contributed by atoms with Gasteiger partial charge in [0.2, 0.25) is 5.91 Å². The molecule has 1 aromatic carbocycles. The Morgan fingerprint density at radius 3 is 2.64 bits per heavy atom. The normalized spacial score (nSPS) is 21.5. The summed E-state index contributed by atoms with van der Waals surface area (Å²) in [7, 11) is 1.61. The fourth-order valence-corrected chi connectivity index (χ4v) is 3.34. The highest BCUT2D eigenvalue weighted by Crippen LogP contribution is 2.30. The largest absolute Gasteiger partial charge is 0.497 e. The Kier molecular flexibility index (Phi) is 5.34. The molecular formula is C16H21NO4S. The van der Waals surface area contributed by atoms with Gasteiger partial charge in [0, 0.05) is 18.0 Å². The first-order chi connectivity index (χ1) is 10.4. The fraction of sp³-hybridized carbons (Fsp3) is 0.500. The second-order valence-electron chi connectivity index (χ2n) is 5.75. The van der Waals surface area contributed by atoms with E-state index in [4.69, 9.17) is 4.74 Å². The van der Waals surface area contributed by atoms with Gasteiger partial charge < -0.3 is 14.7 Å². The van der Waals surface area contributed by atoms with E-state index in [-0.39, 0.29) is 5.91 Å². The van der Waals surface area contributed by atoms with Crippen molar-refractivity contribution in [3.8, 4) is 5.75 Å². The SMILES string of the molecule is COc1ccc(SCC(=O)N2CCCC(C)(C(=O)O)C2)cc1. The van der Waals surface area contributed by atoms with Gasteiger partial charge in [0.15, 0.2) is 0 Å². The molecule has 1 aromatic rings. The number of likely N-dealkylation sites (tertiary alicyclic amines) is 1. The molecule has 1 aliphatic heterocycles. The summed E-state index contributed by atoms with van der Waals surface area (Å²) < 4.78 is 5.10. The summed E-state index contributed by atoms with van der Waals surface area (Å²) >= 11 is 1.46. The minimum atomic E-state index is -0.826. The van der Waals surface area contributed by atoms with Crippen LogP contribution in [0.5, 0.6) is 5.75 Å². The smallest absolute Gasteiger partial charge is 0.311 e. The molecule has 1 amide bonds. The molecule has 1 aliphatic rings. The van der Waals surface area contributed by atoms with Gasteiger partial charge in [-0.15, -0.1) is 11.8 Å². The zero-order chi connectivity index (χ0) is 16.2. The predicted octanol–water partition coefficient (Wildman–Crippen LogP) is 2.50. The Morgan fingerprint density at radius 1 is 1.36 bits per heavy atom. The van der Waals surface area contributed by atoms with Crippen molar-refractivity contribution < 1.29 is 19.4 Å². The lowest BCUT2D eigenvalue weighted by molar-refractivity contribution is -0.153. The Balaban J connectivity index is 1.90. The maximum Gasteiger partial charge on any atom is 0.311 e. The molecule has 0 saturated carbocycles. The molecule has 22 heavy (non-hydrogen) atoms. The van der Waals surface area contributed by atoms with Crippen LogP contribution in [0.4, 0.5) is 0 Å². The standard InChI is InChI=1S/C16H21NO4S/c1-16(15(19)20)8-3-9-17(11-16)14(18)10-22-13-6-4-12(21-2)5-7-13/h4-7H,3,8-11H2,1-2H3,(H,19,20). The van der Waals surface area contributed by atoms with E-state index in [2.05, 4.69) is 0 Å². The quantitative estimate of drug-likeness (QED) is 0.843. The van der Waals surface area contributed by atoms with Crippen LogP contribution >= 0.6 is 11.8 Å². The van der Waals surface area contributed by atoms with Gasteiger partial charge in [0.05, 0.1) is 18.3 Å². The van der Waals surface area contributed by atoms with Crippen LogP contribution in [-0.4, -0.2) is 47.8 Å². The molecule has 5 nitrogen and oxygen atoms in total. The van der Waals surface area contributed by atoms with E-state index >= 15 is 0 Å². The zero-order valence-electron chi connectivity index (χ0n) is 12.9. The van der Waals surface area contributed by atoms with E-state index in [1.54, 1.807) is 18.9 Å². The summed E-state index contributed by atoms with van der Waals surface area (Å²) in [5.74, 6) is 0.270. The van der Waals surface area contributed by atoms with E-state index in [0.29, 0.717) is 25.3 Å². The summed E-state index contributed by atoms with van der Waals surface area (Å²) in [5.41, 5.74) is -0.821. The summed E-state index contributed by atoms with van der Waals surface area (Å²) in [6.07, 6.45) is 1.36. The van der Waals surface area contributed by atoms with Crippen LogP contribution in [0.3, 0.4) is 0 Å². The molecule has 1 heterocycles. The molecule has 120 valence electrons. The molecule has 1 N–H and O–H groups in total. The van der Waals surface area contributed by atoms with Crippen LogP contribution in [0.1, 0.15) is 19.8 Å². The van der Waals surface area contributed by atoms with Crippen molar-refractivity contribution in [1.82, 2.24) is 4.90 Å². The van der Waals surface area contributed by atoms with Crippen molar-refractivity contribution in [3.05, 3.63) is 24.3 Å². The second-order valence-corrected chi connectivity index (χ2v) is 6.80. The molecule has 0 aromatic heterocycles. The summed E-state index contributed by atoms with van der Waals surface area (Å²) in [6, 6.07) is 7.53. The maximum absolute atomic E-state index is 12.3. The lowest BCUT2D eigenvalue weighted by Gasteiger charge is -2.37. The van der Waals surface area contributed by atoms with Crippen molar-refractivity contribution in [2.45, 2.75) is 24.7 Å².